The second-order valence-corrected chi connectivity index (χ2v) is 6.12. The second-order valence-electron chi connectivity index (χ2n) is 4.41. The molecule has 3 rings (SSSR count). The first-order valence-corrected chi connectivity index (χ1v) is 7.45. The third-order valence-corrected chi connectivity index (χ3v) is 4.91. The van der Waals surface area contributed by atoms with Gasteiger partial charge < -0.3 is 9.52 Å². The van der Waals surface area contributed by atoms with Crippen molar-refractivity contribution in [3.63, 3.8) is 0 Å². The van der Waals surface area contributed by atoms with Crippen molar-refractivity contribution in [1.82, 2.24) is 0 Å². The third kappa shape index (κ3) is 2.53. The molecule has 1 aromatic heterocycles. The maximum absolute atomic E-state index is 13.2. The number of aliphatic hydroxyl groups is 1. The van der Waals surface area contributed by atoms with Crippen molar-refractivity contribution >= 4 is 42.8 Å². The van der Waals surface area contributed by atoms with E-state index < -0.39 is 6.10 Å². The summed E-state index contributed by atoms with van der Waals surface area (Å²) < 4.78 is 20.5. The van der Waals surface area contributed by atoms with Crippen LogP contribution in [0.5, 0.6) is 0 Å². The molecule has 0 saturated carbocycles. The largest absolute Gasteiger partial charge is 0.458 e. The Balaban J connectivity index is 2.02. The predicted molar refractivity (Wildman–Crippen MR) is 82.1 cm³/mol. The fourth-order valence-electron chi connectivity index (χ4n) is 2.02. The fourth-order valence-corrected chi connectivity index (χ4v) is 2.66. The Bertz CT molecular complexity index is 783. The molecule has 20 heavy (non-hydrogen) atoms. The number of fused-ring (bicyclic) bond motifs is 1. The van der Waals surface area contributed by atoms with Crippen LogP contribution in [0.25, 0.3) is 11.0 Å². The van der Waals surface area contributed by atoms with Crippen LogP contribution in [-0.2, 0) is 0 Å². The molecule has 0 aliphatic rings. The summed E-state index contributed by atoms with van der Waals surface area (Å²) in [5.74, 6) is 0.0607. The lowest BCUT2D eigenvalue weighted by Gasteiger charge is -2.09. The normalized spacial score (nSPS) is 12.8. The summed E-state index contributed by atoms with van der Waals surface area (Å²) in [6.45, 7) is 0. The number of halogens is 3. The van der Waals surface area contributed by atoms with Crippen molar-refractivity contribution in [2.75, 3.05) is 0 Å². The van der Waals surface area contributed by atoms with Crippen molar-refractivity contribution < 1.29 is 13.9 Å². The number of hydrogen-bond acceptors (Lipinski definition) is 2. The van der Waals surface area contributed by atoms with Crippen molar-refractivity contribution in [2.24, 2.45) is 0 Å². The first kappa shape index (κ1) is 13.8. The Labute approximate surface area is 131 Å². The van der Waals surface area contributed by atoms with Crippen LogP contribution in [0.3, 0.4) is 0 Å². The average molecular weight is 400 g/mol. The molecule has 2 aromatic carbocycles. The Morgan fingerprint density at radius 3 is 2.55 bits per heavy atom. The highest BCUT2D eigenvalue weighted by molar-refractivity contribution is 9.13. The quantitative estimate of drug-likeness (QED) is 0.644. The minimum atomic E-state index is -0.894. The van der Waals surface area contributed by atoms with Crippen molar-refractivity contribution in [3.05, 3.63) is 68.6 Å². The summed E-state index contributed by atoms with van der Waals surface area (Å²) >= 11 is 6.77. The molecule has 0 radical (unpaired) electrons. The zero-order valence-corrected chi connectivity index (χ0v) is 13.3. The van der Waals surface area contributed by atoms with E-state index in [0.717, 1.165) is 8.95 Å². The molecule has 3 aromatic rings. The average Bonchev–Trinajstić information content (AvgIpc) is 2.84. The molecule has 5 heteroatoms. The summed E-state index contributed by atoms with van der Waals surface area (Å²) in [6.07, 6.45) is -0.894. The molecule has 0 amide bonds. The van der Waals surface area contributed by atoms with Gasteiger partial charge in [-0.15, -0.1) is 0 Å². The van der Waals surface area contributed by atoms with Crippen molar-refractivity contribution in [2.45, 2.75) is 6.10 Å². The first-order valence-electron chi connectivity index (χ1n) is 5.86. The van der Waals surface area contributed by atoms with Gasteiger partial charge in [-0.3, -0.25) is 0 Å². The van der Waals surface area contributed by atoms with E-state index in [-0.39, 0.29) is 5.82 Å². The van der Waals surface area contributed by atoms with Crippen molar-refractivity contribution in [3.8, 4) is 0 Å². The number of benzene rings is 2. The van der Waals surface area contributed by atoms with Gasteiger partial charge >= 0.3 is 0 Å². The molecule has 102 valence electrons. The van der Waals surface area contributed by atoms with Crippen LogP contribution in [-0.4, -0.2) is 5.11 Å². The van der Waals surface area contributed by atoms with Crippen LogP contribution in [0, 0.1) is 5.82 Å². The van der Waals surface area contributed by atoms with Crippen LogP contribution in [0.2, 0.25) is 0 Å². The van der Waals surface area contributed by atoms with Gasteiger partial charge in [0.1, 0.15) is 23.3 Å². The molecule has 0 fully saturated rings. The van der Waals surface area contributed by atoms with Crippen LogP contribution in [0.1, 0.15) is 17.4 Å². The van der Waals surface area contributed by atoms with E-state index in [1.165, 1.54) is 12.1 Å². The monoisotopic (exact) mass is 398 g/mol. The molecule has 1 unspecified atom stereocenters. The predicted octanol–water partition coefficient (Wildman–Crippen LogP) is 5.18. The minimum Gasteiger partial charge on any atom is -0.458 e. The van der Waals surface area contributed by atoms with Crippen molar-refractivity contribution in [1.29, 1.82) is 0 Å². The molecular weight excluding hydrogens is 391 g/mol. The molecule has 0 bridgehead atoms. The van der Waals surface area contributed by atoms with E-state index >= 15 is 0 Å². The van der Waals surface area contributed by atoms with Gasteiger partial charge in [0.25, 0.3) is 0 Å². The summed E-state index contributed by atoms with van der Waals surface area (Å²) in [7, 11) is 0. The van der Waals surface area contributed by atoms with Gasteiger partial charge in [0.15, 0.2) is 0 Å². The van der Waals surface area contributed by atoms with Crippen LogP contribution in [0.15, 0.2) is 55.8 Å². The molecule has 1 heterocycles. The molecule has 1 N–H and O–H groups in total. The number of hydrogen-bond donors (Lipinski definition) is 1. The molecular formula is C15H9Br2FO2. The maximum Gasteiger partial charge on any atom is 0.138 e. The maximum atomic E-state index is 13.2. The summed E-state index contributed by atoms with van der Waals surface area (Å²) in [4.78, 5) is 0. The highest BCUT2D eigenvalue weighted by Crippen LogP contribution is 2.32. The molecule has 0 aliphatic carbocycles. The van der Waals surface area contributed by atoms with Crippen LogP contribution < -0.4 is 0 Å². The highest BCUT2D eigenvalue weighted by atomic mass is 79.9. The molecule has 0 saturated heterocycles. The molecule has 0 spiro atoms. The van der Waals surface area contributed by atoms with E-state index in [4.69, 9.17) is 4.42 Å². The van der Waals surface area contributed by atoms with Crippen LogP contribution in [0.4, 0.5) is 4.39 Å². The van der Waals surface area contributed by atoms with Crippen LogP contribution >= 0.6 is 31.9 Å². The van der Waals surface area contributed by atoms with Gasteiger partial charge in [-0.05, 0) is 73.8 Å². The molecule has 0 aliphatic heterocycles. The lowest BCUT2D eigenvalue weighted by molar-refractivity contribution is 0.192. The van der Waals surface area contributed by atoms with E-state index in [1.54, 1.807) is 18.2 Å². The Kier molecular flexibility index (Phi) is 3.67. The number of aliphatic hydroxyl groups excluding tert-OH is 1. The summed E-state index contributed by atoms with van der Waals surface area (Å²) in [6, 6.07) is 11.4. The minimum absolute atomic E-state index is 0.328. The summed E-state index contributed by atoms with van der Waals surface area (Å²) in [5.41, 5.74) is 1.25. The Morgan fingerprint density at radius 1 is 1.00 bits per heavy atom. The number of furan rings is 1. The Morgan fingerprint density at radius 2 is 1.80 bits per heavy atom. The van der Waals surface area contributed by atoms with Gasteiger partial charge in [-0.2, -0.15) is 0 Å². The number of rotatable bonds is 2. The highest BCUT2D eigenvalue weighted by Gasteiger charge is 2.16. The molecule has 2 nitrogen and oxygen atoms in total. The standard InChI is InChI=1S/C15H9Br2FO2/c16-11-3-1-8(6-12(11)17)15(19)14-7-9-5-10(18)2-4-13(9)20-14/h1-7,15,19H. The first-order chi connectivity index (χ1) is 9.54. The van der Waals surface area contributed by atoms with E-state index in [2.05, 4.69) is 31.9 Å². The SMILES string of the molecule is OC(c1ccc(Br)c(Br)c1)c1cc2cc(F)ccc2o1. The lowest BCUT2D eigenvalue weighted by Crippen LogP contribution is -1.97. The zero-order valence-electron chi connectivity index (χ0n) is 10.1. The summed E-state index contributed by atoms with van der Waals surface area (Å²) in [5, 5.41) is 11.0. The topological polar surface area (TPSA) is 33.4 Å². The van der Waals surface area contributed by atoms with E-state index in [9.17, 15) is 9.50 Å². The lowest BCUT2D eigenvalue weighted by atomic mass is 10.1. The second kappa shape index (κ2) is 5.31. The van der Waals surface area contributed by atoms with Gasteiger partial charge in [0.05, 0.1) is 0 Å². The molecule has 1 atom stereocenters. The fraction of sp³-hybridized carbons (Fsp3) is 0.0667. The van der Waals surface area contributed by atoms with Gasteiger partial charge in [-0.1, -0.05) is 6.07 Å². The van der Waals surface area contributed by atoms with Gasteiger partial charge in [0.2, 0.25) is 0 Å². The Hall–Kier alpha value is -1.17. The smallest absolute Gasteiger partial charge is 0.138 e. The van der Waals surface area contributed by atoms with Gasteiger partial charge in [0, 0.05) is 14.3 Å². The van der Waals surface area contributed by atoms with E-state index in [1.807, 2.05) is 12.1 Å². The zero-order chi connectivity index (χ0) is 14.3. The third-order valence-electron chi connectivity index (χ3n) is 3.03. The van der Waals surface area contributed by atoms with Gasteiger partial charge in [-0.25, -0.2) is 4.39 Å². The van der Waals surface area contributed by atoms with E-state index in [0.29, 0.717) is 22.3 Å².